The third-order valence-corrected chi connectivity index (χ3v) is 4.76. The normalized spacial score (nSPS) is 33.0. The number of likely N-dealkylation sites (tertiary alicyclic amines) is 1. The predicted molar refractivity (Wildman–Crippen MR) is 76.3 cm³/mol. The molecule has 1 N–H and O–H groups in total. The molecule has 1 fully saturated rings. The zero-order valence-corrected chi connectivity index (χ0v) is 12.7. The van der Waals surface area contributed by atoms with Crippen molar-refractivity contribution in [2.75, 3.05) is 13.1 Å². The van der Waals surface area contributed by atoms with Gasteiger partial charge in [-0.1, -0.05) is 27.7 Å². The molecule has 0 radical (unpaired) electrons. The van der Waals surface area contributed by atoms with Crippen LogP contribution in [0.4, 0.5) is 0 Å². The van der Waals surface area contributed by atoms with Crippen molar-refractivity contribution >= 4 is 0 Å². The maximum atomic E-state index is 3.71. The van der Waals surface area contributed by atoms with Gasteiger partial charge in [-0.2, -0.15) is 0 Å². The van der Waals surface area contributed by atoms with Gasteiger partial charge in [0.05, 0.1) is 0 Å². The maximum Gasteiger partial charge on any atom is 0.0120 e. The fraction of sp³-hybridized carbons (Fsp3) is 1.00. The molecule has 1 rings (SSSR count). The van der Waals surface area contributed by atoms with Crippen molar-refractivity contribution in [2.45, 2.75) is 72.5 Å². The van der Waals surface area contributed by atoms with Crippen LogP contribution in [-0.2, 0) is 0 Å². The van der Waals surface area contributed by atoms with Gasteiger partial charge in [0.1, 0.15) is 0 Å². The van der Waals surface area contributed by atoms with E-state index in [1.807, 2.05) is 0 Å². The van der Waals surface area contributed by atoms with Crippen LogP contribution in [-0.4, -0.2) is 36.1 Å². The fourth-order valence-corrected chi connectivity index (χ4v) is 2.97. The average molecular weight is 240 g/mol. The molecule has 0 aromatic heterocycles. The molecule has 2 nitrogen and oxygen atoms in total. The Hall–Kier alpha value is -0.0800. The molecule has 4 atom stereocenters. The van der Waals surface area contributed by atoms with Crippen molar-refractivity contribution in [3.05, 3.63) is 0 Å². The first kappa shape index (κ1) is 15.0. The summed E-state index contributed by atoms with van der Waals surface area (Å²) in [7, 11) is 0. The number of nitrogens with zero attached hydrogens (tertiary/aromatic N) is 1. The molecular formula is C15H32N2. The summed E-state index contributed by atoms with van der Waals surface area (Å²) in [5.74, 6) is 1.52. The third kappa shape index (κ3) is 3.69. The molecule has 0 spiro atoms. The Balaban J connectivity index is 2.55. The third-order valence-electron chi connectivity index (χ3n) is 4.76. The first-order valence-corrected chi connectivity index (χ1v) is 7.48. The van der Waals surface area contributed by atoms with E-state index in [0.717, 1.165) is 17.9 Å². The second kappa shape index (κ2) is 6.75. The summed E-state index contributed by atoms with van der Waals surface area (Å²) in [5, 5.41) is 3.71. The van der Waals surface area contributed by atoms with Crippen LogP contribution in [0.25, 0.3) is 0 Å². The first-order valence-electron chi connectivity index (χ1n) is 7.48. The fourth-order valence-electron chi connectivity index (χ4n) is 2.97. The lowest BCUT2D eigenvalue weighted by Crippen LogP contribution is -2.56. The van der Waals surface area contributed by atoms with Crippen LogP contribution in [0.5, 0.6) is 0 Å². The molecule has 4 unspecified atom stereocenters. The Morgan fingerprint density at radius 1 is 1.24 bits per heavy atom. The van der Waals surface area contributed by atoms with Gasteiger partial charge in [0.25, 0.3) is 0 Å². The molecule has 1 saturated heterocycles. The second-order valence-corrected chi connectivity index (χ2v) is 6.17. The maximum absolute atomic E-state index is 3.71. The highest BCUT2D eigenvalue weighted by atomic mass is 15.2. The molecular weight excluding hydrogens is 208 g/mol. The van der Waals surface area contributed by atoms with Crippen LogP contribution in [0.1, 0.15) is 54.4 Å². The molecule has 0 saturated carbocycles. The highest BCUT2D eigenvalue weighted by Gasteiger charge is 2.34. The minimum Gasteiger partial charge on any atom is -0.314 e. The number of hydrogen-bond donors (Lipinski definition) is 1. The van der Waals surface area contributed by atoms with Crippen LogP contribution in [0.15, 0.2) is 0 Å². The molecule has 1 heterocycles. The zero-order chi connectivity index (χ0) is 13.0. The molecule has 2 heteroatoms. The molecule has 0 aromatic rings. The van der Waals surface area contributed by atoms with Gasteiger partial charge in [0.2, 0.25) is 0 Å². The van der Waals surface area contributed by atoms with Crippen molar-refractivity contribution in [3.8, 4) is 0 Å². The number of nitrogens with one attached hydrogen (secondary N) is 1. The summed E-state index contributed by atoms with van der Waals surface area (Å²) < 4.78 is 0. The van der Waals surface area contributed by atoms with E-state index < -0.39 is 0 Å². The topological polar surface area (TPSA) is 15.3 Å². The molecule has 0 aromatic carbocycles. The zero-order valence-electron chi connectivity index (χ0n) is 12.7. The Morgan fingerprint density at radius 3 is 2.41 bits per heavy atom. The largest absolute Gasteiger partial charge is 0.314 e. The lowest BCUT2D eigenvalue weighted by Gasteiger charge is -2.47. The van der Waals surface area contributed by atoms with E-state index >= 15 is 0 Å². The van der Waals surface area contributed by atoms with Crippen LogP contribution < -0.4 is 5.32 Å². The Labute approximate surface area is 108 Å². The first-order chi connectivity index (χ1) is 7.99. The van der Waals surface area contributed by atoms with Gasteiger partial charge in [-0.3, -0.25) is 4.90 Å². The van der Waals surface area contributed by atoms with Crippen molar-refractivity contribution in [1.82, 2.24) is 10.2 Å². The van der Waals surface area contributed by atoms with Gasteiger partial charge in [-0.05, 0) is 45.1 Å². The highest BCUT2D eigenvalue weighted by Crippen LogP contribution is 2.27. The molecule has 0 amide bonds. The van der Waals surface area contributed by atoms with Crippen LogP contribution >= 0.6 is 0 Å². The lowest BCUT2D eigenvalue weighted by atomic mass is 9.85. The van der Waals surface area contributed by atoms with E-state index in [0.29, 0.717) is 12.1 Å². The highest BCUT2D eigenvalue weighted by molar-refractivity contribution is 4.91. The lowest BCUT2D eigenvalue weighted by molar-refractivity contribution is 0.0363. The van der Waals surface area contributed by atoms with Crippen molar-refractivity contribution in [1.29, 1.82) is 0 Å². The molecule has 0 bridgehead atoms. The molecule has 0 aliphatic carbocycles. The smallest absolute Gasteiger partial charge is 0.0120 e. The molecule has 1 aliphatic rings. The van der Waals surface area contributed by atoms with Gasteiger partial charge < -0.3 is 5.32 Å². The molecule has 1 aliphatic heterocycles. The average Bonchev–Trinajstić information content (AvgIpc) is 2.30. The minimum absolute atomic E-state index is 0.704. The van der Waals surface area contributed by atoms with E-state index in [2.05, 4.69) is 51.8 Å². The van der Waals surface area contributed by atoms with Gasteiger partial charge >= 0.3 is 0 Å². The van der Waals surface area contributed by atoms with Crippen molar-refractivity contribution in [2.24, 2.45) is 11.8 Å². The SMILES string of the molecule is CCCNC1CCN(C(C)C(C)C)C(C)C1C. The van der Waals surface area contributed by atoms with E-state index in [4.69, 9.17) is 0 Å². The molecule has 102 valence electrons. The number of hydrogen-bond acceptors (Lipinski definition) is 2. The summed E-state index contributed by atoms with van der Waals surface area (Å²) in [6.45, 7) is 16.5. The standard InChI is InChI=1S/C15H32N2/c1-7-9-16-15-8-10-17(13(5)11(2)3)14(6)12(15)4/h11-16H,7-10H2,1-6H3. The van der Waals surface area contributed by atoms with Crippen LogP contribution in [0, 0.1) is 11.8 Å². The van der Waals surface area contributed by atoms with E-state index in [1.165, 1.54) is 25.9 Å². The minimum atomic E-state index is 0.704. The van der Waals surface area contributed by atoms with Crippen molar-refractivity contribution < 1.29 is 0 Å². The summed E-state index contributed by atoms with van der Waals surface area (Å²) >= 11 is 0. The summed E-state index contributed by atoms with van der Waals surface area (Å²) in [4.78, 5) is 2.71. The Kier molecular flexibility index (Phi) is 5.94. The Bertz CT molecular complexity index is 215. The number of piperidine rings is 1. The van der Waals surface area contributed by atoms with Crippen LogP contribution in [0.2, 0.25) is 0 Å². The summed E-state index contributed by atoms with van der Waals surface area (Å²) in [6.07, 6.45) is 2.55. The van der Waals surface area contributed by atoms with E-state index in [9.17, 15) is 0 Å². The van der Waals surface area contributed by atoms with Gasteiger partial charge in [0.15, 0.2) is 0 Å². The van der Waals surface area contributed by atoms with Gasteiger partial charge in [-0.15, -0.1) is 0 Å². The predicted octanol–water partition coefficient (Wildman–Crippen LogP) is 3.13. The van der Waals surface area contributed by atoms with Gasteiger partial charge in [0, 0.05) is 24.7 Å². The summed E-state index contributed by atoms with van der Waals surface area (Å²) in [6, 6.07) is 2.13. The van der Waals surface area contributed by atoms with Crippen molar-refractivity contribution in [3.63, 3.8) is 0 Å². The quantitative estimate of drug-likeness (QED) is 0.794. The van der Waals surface area contributed by atoms with E-state index in [1.54, 1.807) is 0 Å². The molecule has 17 heavy (non-hydrogen) atoms. The Morgan fingerprint density at radius 2 is 1.88 bits per heavy atom. The number of rotatable bonds is 5. The second-order valence-electron chi connectivity index (χ2n) is 6.17. The van der Waals surface area contributed by atoms with E-state index in [-0.39, 0.29) is 0 Å². The monoisotopic (exact) mass is 240 g/mol. The summed E-state index contributed by atoms with van der Waals surface area (Å²) in [5.41, 5.74) is 0. The van der Waals surface area contributed by atoms with Gasteiger partial charge in [-0.25, -0.2) is 0 Å². The van der Waals surface area contributed by atoms with Crippen LogP contribution in [0.3, 0.4) is 0 Å².